The van der Waals surface area contributed by atoms with Crippen molar-refractivity contribution in [2.75, 3.05) is 45.3 Å². The van der Waals surface area contributed by atoms with Gasteiger partial charge in [0.05, 0.1) is 19.3 Å². The zero-order valence-electron chi connectivity index (χ0n) is 19.3. The molecule has 2 aromatic rings. The molecule has 0 saturated carbocycles. The van der Waals surface area contributed by atoms with Crippen molar-refractivity contribution in [3.63, 3.8) is 0 Å². The number of hydrogen-bond acceptors (Lipinski definition) is 5. The summed E-state index contributed by atoms with van der Waals surface area (Å²) < 4.78 is 11.0. The Hall–Kier alpha value is -2.24. The number of rotatable bonds is 11. The fraction of sp³-hybridized carbons (Fsp3) is 0.538. The molecule has 170 valence electrons. The van der Waals surface area contributed by atoms with Gasteiger partial charge in [0.25, 0.3) is 0 Å². The third kappa shape index (κ3) is 7.15. The summed E-state index contributed by atoms with van der Waals surface area (Å²) in [4.78, 5) is 4.65. The van der Waals surface area contributed by atoms with Crippen molar-refractivity contribution in [2.45, 2.75) is 51.2 Å². The number of anilines is 1. The summed E-state index contributed by atoms with van der Waals surface area (Å²) in [5.74, 6) is 1.81. The lowest BCUT2D eigenvalue weighted by molar-refractivity contribution is -0.0275. The minimum Gasteiger partial charge on any atom is -0.497 e. The van der Waals surface area contributed by atoms with E-state index >= 15 is 0 Å². The van der Waals surface area contributed by atoms with E-state index < -0.39 is 5.60 Å². The quantitative estimate of drug-likeness (QED) is 0.527. The van der Waals surface area contributed by atoms with Crippen LogP contribution in [0.3, 0.4) is 0 Å². The van der Waals surface area contributed by atoms with Crippen LogP contribution in [-0.2, 0) is 6.54 Å². The Morgan fingerprint density at radius 1 is 1.00 bits per heavy atom. The average molecular weight is 427 g/mol. The third-order valence-corrected chi connectivity index (χ3v) is 6.31. The van der Waals surface area contributed by atoms with Gasteiger partial charge in [-0.3, -0.25) is 4.90 Å². The molecule has 5 heteroatoms. The molecule has 1 aliphatic rings. The van der Waals surface area contributed by atoms with Gasteiger partial charge in [0.1, 0.15) is 11.5 Å². The lowest BCUT2D eigenvalue weighted by Gasteiger charge is -2.39. The summed E-state index contributed by atoms with van der Waals surface area (Å²) in [5, 5.41) is 11.1. The molecule has 1 aliphatic heterocycles. The van der Waals surface area contributed by atoms with E-state index in [4.69, 9.17) is 9.47 Å². The lowest BCUT2D eigenvalue weighted by atomic mass is 9.88. The highest BCUT2D eigenvalue weighted by atomic mass is 16.5. The van der Waals surface area contributed by atoms with Crippen LogP contribution in [0, 0.1) is 0 Å². The second kappa shape index (κ2) is 11.4. The maximum atomic E-state index is 11.1. The minimum atomic E-state index is -0.576. The Bertz CT molecular complexity index is 768. The van der Waals surface area contributed by atoms with Gasteiger partial charge in [0.15, 0.2) is 0 Å². The monoisotopic (exact) mass is 426 g/mol. The molecule has 0 unspecified atom stereocenters. The highest BCUT2D eigenvalue weighted by Gasteiger charge is 2.32. The SMILES string of the molecule is CCCCOc1ccc(N(C)CCC2(O)CCN(Cc3ccc(OC)cc3)CC2)cc1. The van der Waals surface area contributed by atoms with Crippen LogP contribution in [-0.4, -0.2) is 56.0 Å². The molecule has 31 heavy (non-hydrogen) atoms. The molecule has 1 fully saturated rings. The Balaban J connectivity index is 1.42. The lowest BCUT2D eigenvalue weighted by Crippen LogP contribution is -2.45. The molecule has 3 rings (SSSR count). The van der Waals surface area contributed by atoms with Crippen LogP contribution in [0.15, 0.2) is 48.5 Å². The molecule has 1 N–H and O–H groups in total. The van der Waals surface area contributed by atoms with Crippen molar-refractivity contribution in [2.24, 2.45) is 0 Å². The van der Waals surface area contributed by atoms with Gasteiger partial charge in [-0.15, -0.1) is 0 Å². The molecule has 0 atom stereocenters. The van der Waals surface area contributed by atoms with Gasteiger partial charge in [0.2, 0.25) is 0 Å². The van der Waals surface area contributed by atoms with E-state index in [1.165, 1.54) is 5.56 Å². The Kier molecular flexibility index (Phi) is 8.61. The number of hydrogen-bond donors (Lipinski definition) is 1. The normalized spacial score (nSPS) is 16.1. The van der Waals surface area contributed by atoms with Crippen LogP contribution in [0.1, 0.15) is 44.6 Å². The molecule has 2 aromatic carbocycles. The van der Waals surface area contributed by atoms with E-state index in [9.17, 15) is 5.11 Å². The summed E-state index contributed by atoms with van der Waals surface area (Å²) in [6, 6.07) is 16.5. The third-order valence-electron chi connectivity index (χ3n) is 6.31. The fourth-order valence-electron chi connectivity index (χ4n) is 4.00. The Morgan fingerprint density at radius 3 is 2.26 bits per heavy atom. The van der Waals surface area contributed by atoms with Crippen molar-refractivity contribution in [3.8, 4) is 11.5 Å². The first-order chi connectivity index (χ1) is 15.0. The van der Waals surface area contributed by atoms with E-state index in [1.54, 1.807) is 7.11 Å². The van der Waals surface area contributed by atoms with Crippen LogP contribution in [0.4, 0.5) is 5.69 Å². The van der Waals surface area contributed by atoms with E-state index in [1.807, 2.05) is 24.3 Å². The van der Waals surface area contributed by atoms with Crippen LogP contribution in [0.2, 0.25) is 0 Å². The van der Waals surface area contributed by atoms with Crippen molar-refractivity contribution in [1.29, 1.82) is 0 Å². The molecular formula is C26H38N2O3. The van der Waals surface area contributed by atoms with Crippen molar-refractivity contribution in [1.82, 2.24) is 4.90 Å². The van der Waals surface area contributed by atoms with E-state index in [-0.39, 0.29) is 0 Å². The zero-order valence-corrected chi connectivity index (χ0v) is 19.3. The molecule has 5 nitrogen and oxygen atoms in total. The topological polar surface area (TPSA) is 45.2 Å². The van der Waals surface area contributed by atoms with E-state index in [0.29, 0.717) is 0 Å². The van der Waals surface area contributed by atoms with Gasteiger partial charge < -0.3 is 19.5 Å². The first-order valence-corrected chi connectivity index (χ1v) is 11.5. The first-order valence-electron chi connectivity index (χ1n) is 11.5. The average Bonchev–Trinajstić information content (AvgIpc) is 2.80. The Morgan fingerprint density at radius 2 is 1.65 bits per heavy atom. The number of nitrogens with zero attached hydrogens (tertiary/aromatic N) is 2. The molecule has 1 heterocycles. The predicted octanol–water partition coefficient (Wildman–Crippen LogP) is 4.73. The Labute approximate surface area is 187 Å². The van der Waals surface area contributed by atoms with Crippen molar-refractivity contribution in [3.05, 3.63) is 54.1 Å². The number of ether oxygens (including phenoxy) is 2. The molecule has 1 saturated heterocycles. The number of unbranched alkanes of at least 4 members (excludes halogenated alkanes) is 1. The van der Waals surface area contributed by atoms with Gasteiger partial charge in [-0.1, -0.05) is 25.5 Å². The van der Waals surface area contributed by atoms with Crippen LogP contribution in [0.25, 0.3) is 0 Å². The van der Waals surface area contributed by atoms with Crippen LogP contribution < -0.4 is 14.4 Å². The predicted molar refractivity (Wildman–Crippen MR) is 127 cm³/mol. The van der Waals surface area contributed by atoms with Crippen molar-refractivity contribution >= 4 is 5.69 Å². The first kappa shape index (κ1) is 23.4. The second-order valence-electron chi connectivity index (χ2n) is 8.72. The van der Waals surface area contributed by atoms with E-state index in [0.717, 1.165) is 82.1 Å². The molecule has 0 amide bonds. The highest BCUT2D eigenvalue weighted by molar-refractivity contribution is 5.48. The molecule has 0 aliphatic carbocycles. The number of aliphatic hydroxyl groups is 1. The number of benzene rings is 2. The summed E-state index contributed by atoms with van der Waals surface area (Å²) in [5.41, 5.74) is 1.87. The summed E-state index contributed by atoms with van der Waals surface area (Å²) >= 11 is 0. The maximum absolute atomic E-state index is 11.1. The minimum absolute atomic E-state index is 0.576. The fourth-order valence-corrected chi connectivity index (χ4v) is 4.00. The van der Waals surface area contributed by atoms with Gasteiger partial charge >= 0.3 is 0 Å². The van der Waals surface area contributed by atoms with Crippen molar-refractivity contribution < 1.29 is 14.6 Å². The molecule has 0 spiro atoms. The largest absolute Gasteiger partial charge is 0.497 e. The standard InChI is InChI=1S/C26H38N2O3/c1-4-5-20-31-25-12-8-23(9-13-25)27(2)17-14-26(29)15-18-28(19-16-26)21-22-6-10-24(30-3)11-7-22/h6-13,29H,4-5,14-21H2,1-3H3. The smallest absolute Gasteiger partial charge is 0.119 e. The van der Waals surface area contributed by atoms with Gasteiger partial charge in [0, 0.05) is 38.9 Å². The summed E-state index contributed by atoms with van der Waals surface area (Å²) in [7, 11) is 3.78. The molecular weight excluding hydrogens is 388 g/mol. The summed E-state index contributed by atoms with van der Waals surface area (Å²) in [6.45, 7) is 6.55. The number of piperidine rings is 1. The van der Waals surface area contributed by atoms with Gasteiger partial charge in [-0.2, -0.15) is 0 Å². The summed E-state index contributed by atoms with van der Waals surface area (Å²) in [6.07, 6.45) is 4.65. The maximum Gasteiger partial charge on any atom is 0.119 e. The second-order valence-corrected chi connectivity index (χ2v) is 8.72. The van der Waals surface area contributed by atoms with E-state index in [2.05, 4.69) is 48.0 Å². The highest BCUT2D eigenvalue weighted by Crippen LogP contribution is 2.28. The zero-order chi connectivity index (χ0) is 22.1. The molecule has 0 aromatic heterocycles. The van der Waals surface area contributed by atoms with Crippen LogP contribution >= 0.6 is 0 Å². The van der Waals surface area contributed by atoms with Gasteiger partial charge in [-0.05, 0) is 67.6 Å². The molecule has 0 radical (unpaired) electrons. The van der Waals surface area contributed by atoms with Gasteiger partial charge in [-0.25, -0.2) is 0 Å². The molecule has 0 bridgehead atoms. The number of methoxy groups -OCH3 is 1. The van der Waals surface area contributed by atoms with Crippen LogP contribution in [0.5, 0.6) is 11.5 Å². The number of likely N-dealkylation sites (tertiary alicyclic amines) is 1.